The molecule has 1 atom stereocenters. The van der Waals surface area contributed by atoms with Crippen molar-refractivity contribution in [1.82, 2.24) is 4.98 Å². The van der Waals surface area contributed by atoms with Crippen molar-refractivity contribution in [2.24, 2.45) is 5.92 Å². The van der Waals surface area contributed by atoms with Crippen LogP contribution < -0.4 is 0 Å². The van der Waals surface area contributed by atoms with Crippen molar-refractivity contribution in [3.05, 3.63) is 16.1 Å². The summed E-state index contributed by atoms with van der Waals surface area (Å²) in [5.74, 6) is 0.997. The Hall–Kier alpha value is -0.700. The van der Waals surface area contributed by atoms with E-state index in [1.165, 1.54) is 17.8 Å². The third-order valence-corrected chi connectivity index (χ3v) is 3.95. The number of hydrogen-bond acceptors (Lipinski definition) is 3. The molecule has 1 aromatic rings. The summed E-state index contributed by atoms with van der Waals surface area (Å²) in [5, 5.41) is 3.29. The van der Waals surface area contributed by atoms with Crippen molar-refractivity contribution in [1.29, 1.82) is 0 Å². The van der Waals surface area contributed by atoms with Gasteiger partial charge in [-0.3, -0.25) is 4.79 Å². The third-order valence-electron chi connectivity index (χ3n) is 2.96. The lowest BCUT2D eigenvalue weighted by Crippen LogP contribution is -2.08. The van der Waals surface area contributed by atoms with Crippen LogP contribution in [0.5, 0.6) is 0 Å². The van der Waals surface area contributed by atoms with Crippen LogP contribution in [0.3, 0.4) is 0 Å². The highest BCUT2D eigenvalue weighted by Crippen LogP contribution is 2.25. The van der Waals surface area contributed by atoms with E-state index in [9.17, 15) is 4.79 Å². The first-order valence-corrected chi connectivity index (χ1v) is 6.54. The van der Waals surface area contributed by atoms with Crippen molar-refractivity contribution < 1.29 is 4.79 Å². The average Bonchev–Trinajstić information content (AvgIpc) is 2.46. The summed E-state index contributed by atoms with van der Waals surface area (Å²) in [7, 11) is 0. The molecular formula is C12H17NOS. The molecule has 1 aliphatic rings. The lowest BCUT2D eigenvalue weighted by molar-refractivity contribution is -0.119. The molecule has 1 aromatic heterocycles. The molecule has 1 aliphatic carbocycles. The molecule has 1 fully saturated rings. The number of carbonyl (C=O) groups is 1. The Morgan fingerprint density at radius 3 is 3.13 bits per heavy atom. The Morgan fingerprint density at radius 1 is 1.53 bits per heavy atom. The van der Waals surface area contributed by atoms with Gasteiger partial charge in [0.05, 0.1) is 5.01 Å². The molecule has 3 heteroatoms. The standard InChI is InChI=1S/C12H17NOS/c1-9-8-15-12(13-9)7-10-4-2-3-5-11(14)6-10/h8,10H,2-7H2,1H3. The molecule has 1 unspecified atom stereocenters. The second kappa shape index (κ2) is 4.88. The minimum Gasteiger partial charge on any atom is -0.300 e. The van der Waals surface area contributed by atoms with E-state index in [0.717, 1.165) is 31.4 Å². The van der Waals surface area contributed by atoms with Crippen LogP contribution in [0.4, 0.5) is 0 Å². The molecule has 0 aliphatic heterocycles. The molecule has 0 N–H and O–H groups in total. The summed E-state index contributed by atoms with van der Waals surface area (Å²) in [4.78, 5) is 15.9. The van der Waals surface area contributed by atoms with E-state index in [4.69, 9.17) is 0 Å². The Bertz CT molecular complexity index is 345. The number of nitrogens with zero attached hydrogens (tertiary/aromatic N) is 1. The number of hydrogen-bond donors (Lipinski definition) is 0. The highest BCUT2D eigenvalue weighted by Gasteiger charge is 2.18. The predicted octanol–water partition coefficient (Wildman–Crippen LogP) is 3.14. The van der Waals surface area contributed by atoms with Crippen molar-refractivity contribution in [3.63, 3.8) is 0 Å². The van der Waals surface area contributed by atoms with Crippen molar-refractivity contribution in [2.45, 2.75) is 45.4 Å². The van der Waals surface area contributed by atoms with Crippen LogP contribution >= 0.6 is 11.3 Å². The summed E-state index contributed by atoms with van der Waals surface area (Å²) >= 11 is 1.73. The summed E-state index contributed by atoms with van der Waals surface area (Å²) < 4.78 is 0. The monoisotopic (exact) mass is 223 g/mol. The number of rotatable bonds is 2. The highest BCUT2D eigenvalue weighted by atomic mass is 32.1. The topological polar surface area (TPSA) is 30.0 Å². The van der Waals surface area contributed by atoms with Gasteiger partial charge >= 0.3 is 0 Å². The van der Waals surface area contributed by atoms with E-state index in [1.807, 2.05) is 6.92 Å². The Labute approximate surface area is 94.7 Å². The van der Waals surface area contributed by atoms with E-state index in [2.05, 4.69) is 10.4 Å². The predicted molar refractivity (Wildman–Crippen MR) is 62.1 cm³/mol. The molecule has 0 saturated heterocycles. The highest BCUT2D eigenvalue weighted by molar-refractivity contribution is 7.09. The molecule has 0 spiro atoms. The largest absolute Gasteiger partial charge is 0.300 e. The Kier molecular flexibility index (Phi) is 3.52. The molecule has 2 nitrogen and oxygen atoms in total. The number of ketones is 1. The molecule has 0 aromatic carbocycles. The Morgan fingerprint density at radius 2 is 2.40 bits per heavy atom. The molecule has 82 valence electrons. The zero-order valence-electron chi connectivity index (χ0n) is 9.16. The fraction of sp³-hybridized carbons (Fsp3) is 0.667. The van der Waals surface area contributed by atoms with Gasteiger partial charge in [0.2, 0.25) is 0 Å². The van der Waals surface area contributed by atoms with E-state index in [1.54, 1.807) is 11.3 Å². The molecule has 15 heavy (non-hydrogen) atoms. The van der Waals surface area contributed by atoms with E-state index in [0.29, 0.717) is 11.7 Å². The van der Waals surface area contributed by atoms with Crippen molar-refractivity contribution in [3.8, 4) is 0 Å². The molecule has 0 radical (unpaired) electrons. The minimum atomic E-state index is 0.450. The molecule has 2 rings (SSSR count). The van der Waals surface area contributed by atoms with Crippen LogP contribution in [0.25, 0.3) is 0 Å². The SMILES string of the molecule is Cc1csc(CC2CCCCC(=O)C2)n1. The van der Waals surface area contributed by atoms with Crippen molar-refractivity contribution in [2.75, 3.05) is 0 Å². The van der Waals surface area contributed by atoms with E-state index >= 15 is 0 Å². The second-order valence-corrected chi connectivity index (χ2v) is 5.38. The average molecular weight is 223 g/mol. The van der Waals surface area contributed by atoms with Gasteiger partial charge in [0.25, 0.3) is 0 Å². The number of Topliss-reactive ketones (excluding diaryl/α,β-unsaturated/α-hetero) is 1. The Balaban J connectivity index is 1.95. The number of thiazole rings is 1. The maximum atomic E-state index is 11.5. The summed E-state index contributed by atoms with van der Waals surface area (Å²) in [5.41, 5.74) is 1.11. The quantitative estimate of drug-likeness (QED) is 0.721. The van der Waals surface area contributed by atoms with Crippen LogP contribution in [0.1, 0.15) is 42.8 Å². The summed E-state index contributed by atoms with van der Waals surface area (Å²) in [6.45, 7) is 2.03. The fourth-order valence-corrected chi connectivity index (χ4v) is 3.09. The van der Waals surface area contributed by atoms with Gasteiger partial charge in [-0.25, -0.2) is 4.98 Å². The normalized spacial score (nSPS) is 22.7. The first-order valence-electron chi connectivity index (χ1n) is 5.67. The first kappa shape index (κ1) is 10.8. The van der Waals surface area contributed by atoms with E-state index < -0.39 is 0 Å². The van der Waals surface area contributed by atoms with Crippen LogP contribution in [-0.4, -0.2) is 10.8 Å². The van der Waals surface area contributed by atoms with Gasteiger partial charge in [-0.15, -0.1) is 11.3 Å². The second-order valence-electron chi connectivity index (χ2n) is 4.44. The minimum absolute atomic E-state index is 0.450. The number of aryl methyl sites for hydroxylation is 1. The van der Waals surface area contributed by atoms with E-state index in [-0.39, 0.29) is 0 Å². The van der Waals surface area contributed by atoms with Gasteiger partial charge in [-0.1, -0.05) is 6.42 Å². The molecule has 0 amide bonds. The van der Waals surface area contributed by atoms with Gasteiger partial charge in [0.15, 0.2) is 0 Å². The zero-order valence-corrected chi connectivity index (χ0v) is 9.98. The third kappa shape index (κ3) is 3.13. The van der Waals surface area contributed by atoms with Crippen LogP contribution in [0.15, 0.2) is 5.38 Å². The number of carbonyl (C=O) groups excluding carboxylic acids is 1. The first-order chi connectivity index (χ1) is 7.24. The summed E-state index contributed by atoms with van der Waals surface area (Å²) in [6, 6.07) is 0. The molecule has 1 heterocycles. The van der Waals surface area contributed by atoms with Crippen LogP contribution in [-0.2, 0) is 11.2 Å². The smallest absolute Gasteiger partial charge is 0.133 e. The molecular weight excluding hydrogens is 206 g/mol. The van der Waals surface area contributed by atoms with Crippen LogP contribution in [0, 0.1) is 12.8 Å². The lowest BCUT2D eigenvalue weighted by Gasteiger charge is -2.10. The molecule has 0 bridgehead atoms. The fourth-order valence-electron chi connectivity index (χ4n) is 2.20. The maximum Gasteiger partial charge on any atom is 0.133 e. The van der Waals surface area contributed by atoms with Gasteiger partial charge < -0.3 is 0 Å². The zero-order chi connectivity index (χ0) is 10.7. The molecule has 1 saturated carbocycles. The van der Waals surface area contributed by atoms with Gasteiger partial charge in [-0.2, -0.15) is 0 Å². The maximum absolute atomic E-state index is 11.5. The lowest BCUT2D eigenvalue weighted by atomic mass is 9.97. The van der Waals surface area contributed by atoms with Crippen LogP contribution in [0.2, 0.25) is 0 Å². The number of aromatic nitrogens is 1. The van der Waals surface area contributed by atoms with Gasteiger partial charge in [0, 0.05) is 30.3 Å². The summed E-state index contributed by atoms with van der Waals surface area (Å²) in [6.07, 6.45) is 6.08. The van der Waals surface area contributed by atoms with Gasteiger partial charge in [0.1, 0.15) is 5.78 Å². The van der Waals surface area contributed by atoms with Crippen molar-refractivity contribution >= 4 is 17.1 Å². The van der Waals surface area contributed by atoms with Gasteiger partial charge in [-0.05, 0) is 25.7 Å².